The van der Waals surface area contributed by atoms with E-state index < -0.39 is 0 Å². The van der Waals surface area contributed by atoms with Crippen molar-refractivity contribution in [2.24, 2.45) is 0 Å². The molecule has 0 aliphatic heterocycles. The van der Waals surface area contributed by atoms with Crippen molar-refractivity contribution in [2.75, 3.05) is 11.1 Å². The van der Waals surface area contributed by atoms with Crippen LogP contribution in [0, 0.1) is 13.8 Å². The maximum atomic E-state index is 12.1. The molecule has 3 aromatic rings. The van der Waals surface area contributed by atoms with Crippen molar-refractivity contribution in [1.82, 2.24) is 15.5 Å². The molecule has 3 rings (SSSR count). The number of rotatable bonds is 7. The Morgan fingerprint density at radius 3 is 2.81 bits per heavy atom. The molecule has 1 amide bonds. The van der Waals surface area contributed by atoms with E-state index in [9.17, 15) is 4.79 Å². The highest BCUT2D eigenvalue weighted by Gasteiger charge is 2.12. The molecule has 2 N–H and O–H groups in total. The number of hydrogen-bond acceptors (Lipinski definition) is 7. The molecule has 0 radical (unpaired) electrons. The van der Waals surface area contributed by atoms with Crippen LogP contribution in [0.1, 0.15) is 29.0 Å². The second-order valence-corrected chi connectivity index (χ2v) is 9.07. The van der Waals surface area contributed by atoms with Crippen LogP contribution in [-0.4, -0.2) is 21.9 Å². The third-order valence-electron chi connectivity index (χ3n) is 3.84. The van der Waals surface area contributed by atoms with E-state index in [1.54, 1.807) is 11.3 Å². The van der Waals surface area contributed by atoms with E-state index in [0.717, 1.165) is 20.0 Å². The number of hydrogen-bond donors (Lipinski definition) is 2. The number of anilines is 2. The Labute approximate surface area is 165 Å². The van der Waals surface area contributed by atoms with Crippen molar-refractivity contribution in [3.63, 3.8) is 0 Å². The van der Waals surface area contributed by atoms with Gasteiger partial charge in [0, 0.05) is 10.6 Å². The van der Waals surface area contributed by atoms with Crippen molar-refractivity contribution >= 4 is 51.2 Å². The number of thiophene rings is 1. The largest absolute Gasteiger partial charge is 0.348 e. The van der Waals surface area contributed by atoms with Gasteiger partial charge in [0.25, 0.3) is 0 Å². The van der Waals surface area contributed by atoms with E-state index >= 15 is 0 Å². The maximum Gasteiger partial charge on any atom is 0.230 e. The van der Waals surface area contributed by atoms with Gasteiger partial charge in [-0.2, -0.15) is 0 Å². The van der Waals surface area contributed by atoms with Gasteiger partial charge in [-0.25, -0.2) is 0 Å². The molecule has 0 saturated carbocycles. The fourth-order valence-electron chi connectivity index (χ4n) is 2.28. The van der Waals surface area contributed by atoms with Crippen LogP contribution in [0.5, 0.6) is 0 Å². The molecule has 0 unspecified atom stereocenters. The first-order valence-corrected chi connectivity index (χ1v) is 10.8. The molecule has 1 atom stereocenters. The Morgan fingerprint density at radius 2 is 2.08 bits per heavy atom. The molecule has 2 aromatic heterocycles. The Balaban J connectivity index is 1.50. The lowest BCUT2D eigenvalue weighted by molar-refractivity contribution is -0.119. The van der Waals surface area contributed by atoms with Gasteiger partial charge >= 0.3 is 0 Å². The molecular weight excluding hydrogens is 384 g/mol. The van der Waals surface area contributed by atoms with Crippen LogP contribution < -0.4 is 10.6 Å². The first kappa shape index (κ1) is 18.9. The fourth-order valence-corrected chi connectivity index (χ4v) is 4.60. The van der Waals surface area contributed by atoms with Crippen LogP contribution in [-0.2, 0) is 4.79 Å². The quantitative estimate of drug-likeness (QED) is 0.547. The second kappa shape index (κ2) is 8.66. The molecule has 0 fully saturated rings. The topological polar surface area (TPSA) is 66.9 Å². The number of aryl methyl sites for hydroxylation is 2. The van der Waals surface area contributed by atoms with Crippen LogP contribution in [0.25, 0.3) is 0 Å². The maximum absolute atomic E-state index is 12.1. The molecular formula is C18H20N4OS3. The van der Waals surface area contributed by atoms with Crippen molar-refractivity contribution in [3.8, 4) is 0 Å². The summed E-state index contributed by atoms with van der Waals surface area (Å²) in [6.07, 6.45) is 0. The Hall–Kier alpha value is -1.90. The Bertz CT molecular complexity index is 876. The summed E-state index contributed by atoms with van der Waals surface area (Å²) < 4.78 is 0.773. The van der Waals surface area contributed by atoms with Crippen LogP contribution in [0.15, 0.2) is 40.1 Å². The average Bonchev–Trinajstić information content (AvgIpc) is 3.28. The van der Waals surface area contributed by atoms with Gasteiger partial charge in [-0.05, 0) is 55.5 Å². The molecule has 0 aliphatic rings. The molecule has 0 spiro atoms. The van der Waals surface area contributed by atoms with Crippen LogP contribution in [0.2, 0.25) is 0 Å². The first-order chi connectivity index (χ1) is 12.5. The smallest absolute Gasteiger partial charge is 0.230 e. The van der Waals surface area contributed by atoms with Gasteiger partial charge in [-0.15, -0.1) is 21.5 Å². The van der Waals surface area contributed by atoms with Crippen molar-refractivity contribution < 1.29 is 4.79 Å². The average molecular weight is 405 g/mol. The van der Waals surface area contributed by atoms with Crippen molar-refractivity contribution in [1.29, 1.82) is 0 Å². The zero-order valence-corrected chi connectivity index (χ0v) is 17.2. The number of benzene rings is 1. The third kappa shape index (κ3) is 5.06. The molecule has 0 aliphatic carbocycles. The van der Waals surface area contributed by atoms with Crippen LogP contribution >= 0.6 is 34.4 Å². The van der Waals surface area contributed by atoms with Gasteiger partial charge in [-0.1, -0.05) is 35.2 Å². The highest BCUT2D eigenvalue weighted by molar-refractivity contribution is 8.01. The standard InChI is InChI=1S/C18H20N4OS3/c1-11-6-7-14(9-12(11)2)20-17-21-22-18(26-17)25-10-16(23)19-13(3)15-5-4-8-24-15/h4-9,13H,10H2,1-3H3,(H,19,23)(H,20,21)/t13-/m0/s1. The molecule has 2 heterocycles. The normalized spacial score (nSPS) is 12.0. The van der Waals surface area contributed by atoms with Gasteiger partial charge in [-0.3, -0.25) is 4.79 Å². The van der Waals surface area contributed by atoms with Crippen LogP contribution in [0.4, 0.5) is 10.8 Å². The predicted octanol–water partition coefficient (Wildman–Crippen LogP) is 4.93. The van der Waals surface area contributed by atoms with Gasteiger partial charge in [0.1, 0.15) is 0 Å². The summed E-state index contributed by atoms with van der Waals surface area (Å²) in [5, 5.41) is 17.3. The summed E-state index contributed by atoms with van der Waals surface area (Å²) in [7, 11) is 0. The SMILES string of the molecule is Cc1ccc(Nc2nnc(SCC(=O)N[C@@H](C)c3cccs3)s2)cc1C. The zero-order valence-electron chi connectivity index (χ0n) is 14.8. The van der Waals surface area contributed by atoms with E-state index in [4.69, 9.17) is 0 Å². The summed E-state index contributed by atoms with van der Waals surface area (Å²) in [6.45, 7) is 6.16. The summed E-state index contributed by atoms with van der Waals surface area (Å²) in [6, 6.07) is 10.2. The molecule has 26 heavy (non-hydrogen) atoms. The highest BCUT2D eigenvalue weighted by Crippen LogP contribution is 2.28. The third-order valence-corrected chi connectivity index (χ3v) is 6.87. The summed E-state index contributed by atoms with van der Waals surface area (Å²) >= 11 is 4.49. The molecule has 0 saturated heterocycles. The number of amides is 1. The number of carbonyl (C=O) groups excluding carboxylic acids is 1. The molecule has 8 heteroatoms. The van der Waals surface area contributed by atoms with E-state index in [0.29, 0.717) is 5.75 Å². The second-order valence-electron chi connectivity index (χ2n) is 5.89. The van der Waals surface area contributed by atoms with Crippen LogP contribution in [0.3, 0.4) is 0 Å². The van der Waals surface area contributed by atoms with Gasteiger partial charge < -0.3 is 10.6 Å². The lowest BCUT2D eigenvalue weighted by atomic mass is 10.1. The number of aromatic nitrogens is 2. The predicted molar refractivity (Wildman–Crippen MR) is 111 cm³/mol. The Kier molecular flexibility index (Phi) is 6.29. The van der Waals surface area contributed by atoms with Gasteiger partial charge in [0.2, 0.25) is 11.0 Å². The minimum atomic E-state index is -0.00484. The van der Waals surface area contributed by atoms with Crippen molar-refractivity contribution in [2.45, 2.75) is 31.2 Å². The molecule has 136 valence electrons. The lowest BCUT2D eigenvalue weighted by Crippen LogP contribution is -2.27. The minimum absolute atomic E-state index is 0.00484. The van der Waals surface area contributed by atoms with Gasteiger partial charge in [0.15, 0.2) is 4.34 Å². The van der Waals surface area contributed by atoms with Crippen molar-refractivity contribution in [3.05, 3.63) is 51.7 Å². The first-order valence-electron chi connectivity index (χ1n) is 8.14. The number of thioether (sulfide) groups is 1. The number of carbonyl (C=O) groups is 1. The number of nitrogens with one attached hydrogen (secondary N) is 2. The highest BCUT2D eigenvalue weighted by atomic mass is 32.2. The summed E-state index contributed by atoms with van der Waals surface area (Å²) in [5.41, 5.74) is 3.47. The minimum Gasteiger partial charge on any atom is -0.348 e. The van der Waals surface area contributed by atoms with E-state index in [-0.39, 0.29) is 11.9 Å². The van der Waals surface area contributed by atoms with E-state index in [2.05, 4.69) is 46.8 Å². The van der Waals surface area contributed by atoms with E-state index in [1.165, 1.54) is 34.2 Å². The van der Waals surface area contributed by atoms with E-state index in [1.807, 2.05) is 30.5 Å². The number of nitrogens with zero attached hydrogens (tertiary/aromatic N) is 2. The summed E-state index contributed by atoms with van der Waals surface area (Å²) in [5.74, 6) is 0.323. The molecule has 5 nitrogen and oxygen atoms in total. The Morgan fingerprint density at radius 1 is 1.23 bits per heavy atom. The monoisotopic (exact) mass is 404 g/mol. The van der Waals surface area contributed by atoms with Gasteiger partial charge in [0.05, 0.1) is 11.8 Å². The lowest BCUT2D eigenvalue weighted by Gasteiger charge is -2.11. The molecule has 0 bridgehead atoms. The zero-order chi connectivity index (χ0) is 18.5. The summed E-state index contributed by atoms with van der Waals surface area (Å²) in [4.78, 5) is 13.3. The molecule has 1 aromatic carbocycles. The fraction of sp³-hybridized carbons (Fsp3) is 0.278.